The zero-order valence-electron chi connectivity index (χ0n) is 12.4. The molecule has 1 fully saturated rings. The normalized spacial score (nSPS) is 20.7. The van der Waals surface area contributed by atoms with Gasteiger partial charge in [-0.1, -0.05) is 6.92 Å². The molecule has 2 unspecified atom stereocenters. The van der Waals surface area contributed by atoms with Crippen LogP contribution >= 0.6 is 0 Å². The molecule has 0 spiro atoms. The van der Waals surface area contributed by atoms with E-state index in [9.17, 15) is 14.7 Å². The van der Waals surface area contributed by atoms with E-state index in [4.69, 9.17) is 0 Å². The van der Waals surface area contributed by atoms with Gasteiger partial charge in [0.05, 0.1) is 12.0 Å². The number of aliphatic hydroxyl groups is 1. The minimum atomic E-state index is -0.527. The van der Waals surface area contributed by atoms with E-state index in [1.54, 1.807) is 16.7 Å². The molecule has 5 nitrogen and oxygen atoms in total. The predicted octanol–water partition coefficient (Wildman–Crippen LogP) is 0.863. The number of carbonyl (C=O) groups excluding carboxylic acids is 2. The van der Waals surface area contributed by atoms with Crippen molar-refractivity contribution >= 4 is 11.8 Å². The summed E-state index contributed by atoms with van der Waals surface area (Å²) in [7, 11) is 0. The SMILES string of the molecule is CCC(=O)N1CCC(C(=O)N(CC(C)O)C(C)C)C1. The first-order valence-corrected chi connectivity index (χ1v) is 7.13. The molecule has 1 aliphatic heterocycles. The van der Waals surface area contributed by atoms with Crippen LogP contribution in [0.3, 0.4) is 0 Å². The lowest BCUT2D eigenvalue weighted by Crippen LogP contribution is -2.45. The number of hydrogen-bond acceptors (Lipinski definition) is 3. The standard InChI is InChI=1S/C14H26N2O3/c1-5-13(18)15-7-6-12(9-15)14(19)16(10(2)3)8-11(4)17/h10-12,17H,5-9H2,1-4H3. The van der Waals surface area contributed by atoms with Crippen LogP contribution < -0.4 is 0 Å². The van der Waals surface area contributed by atoms with Gasteiger partial charge in [-0.2, -0.15) is 0 Å². The summed E-state index contributed by atoms with van der Waals surface area (Å²) in [6.45, 7) is 8.97. The van der Waals surface area contributed by atoms with Gasteiger partial charge in [-0.25, -0.2) is 0 Å². The van der Waals surface area contributed by atoms with Gasteiger partial charge >= 0.3 is 0 Å². The fourth-order valence-corrected chi connectivity index (χ4v) is 2.49. The topological polar surface area (TPSA) is 60.9 Å². The molecule has 0 saturated carbocycles. The zero-order valence-corrected chi connectivity index (χ0v) is 12.4. The van der Waals surface area contributed by atoms with Gasteiger partial charge in [-0.05, 0) is 27.2 Å². The van der Waals surface area contributed by atoms with Crippen LogP contribution in [-0.4, -0.2) is 58.5 Å². The van der Waals surface area contributed by atoms with Gasteiger partial charge in [-0.3, -0.25) is 9.59 Å². The lowest BCUT2D eigenvalue weighted by Gasteiger charge is -2.30. The highest BCUT2D eigenvalue weighted by atomic mass is 16.3. The zero-order chi connectivity index (χ0) is 14.6. The summed E-state index contributed by atoms with van der Waals surface area (Å²) in [5, 5.41) is 9.48. The Kier molecular flexibility index (Phi) is 5.79. The van der Waals surface area contributed by atoms with Crippen LogP contribution in [0.1, 0.15) is 40.5 Å². The smallest absolute Gasteiger partial charge is 0.227 e. The van der Waals surface area contributed by atoms with E-state index < -0.39 is 6.10 Å². The summed E-state index contributed by atoms with van der Waals surface area (Å²) in [5.41, 5.74) is 0. The van der Waals surface area contributed by atoms with E-state index in [2.05, 4.69) is 0 Å². The van der Waals surface area contributed by atoms with Crippen molar-refractivity contribution in [2.45, 2.75) is 52.7 Å². The average molecular weight is 270 g/mol. The maximum absolute atomic E-state index is 12.5. The van der Waals surface area contributed by atoms with Crippen molar-refractivity contribution in [3.05, 3.63) is 0 Å². The Balaban J connectivity index is 2.64. The number of likely N-dealkylation sites (tertiary alicyclic amines) is 1. The van der Waals surface area contributed by atoms with Gasteiger partial charge in [0, 0.05) is 32.1 Å². The van der Waals surface area contributed by atoms with Crippen molar-refractivity contribution in [2.24, 2.45) is 5.92 Å². The van der Waals surface area contributed by atoms with Gasteiger partial charge in [0.25, 0.3) is 0 Å². The summed E-state index contributed by atoms with van der Waals surface area (Å²) in [5.74, 6) is 0.0564. The van der Waals surface area contributed by atoms with Crippen LogP contribution in [0.5, 0.6) is 0 Å². The Morgan fingerprint density at radius 1 is 1.37 bits per heavy atom. The second kappa shape index (κ2) is 6.89. The van der Waals surface area contributed by atoms with Crippen LogP contribution in [0.4, 0.5) is 0 Å². The van der Waals surface area contributed by atoms with Gasteiger partial charge in [0.15, 0.2) is 0 Å². The van der Waals surface area contributed by atoms with Crippen LogP contribution in [0, 0.1) is 5.92 Å². The summed E-state index contributed by atoms with van der Waals surface area (Å²) in [6.07, 6.45) is 0.692. The molecule has 19 heavy (non-hydrogen) atoms. The van der Waals surface area contributed by atoms with Crippen molar-refractivity contribution in [1.29, 1.82) is 0 Å². The second-order valence-corrected chi connectivity index (χ2v) is 5.61. The molecule has 1 saturated heterocycles. The van der Waals surface area contributed by atoms with E-state index >= 15 is 0 Å². The number of hydrogen-bond donors (Lipinski definition) is 1. The van der Waals surface area contributed by atoms with Crippen molar-refractivity contribution in [3.8, 4) is 0 Å². The van der Waals surface area contributed by atoms with Crippen molar-refractivity contribution in [2.75, 3.05) is 19.6 Å². The molecule has 0 radical (unpaired) electrons. The molecule has 2 amide bonds. The van der Waals surface area contributed by atoms with E-state index in [0.717, 1.165) is 6.42 Å². The highest BCUT2D eigenvalue weighted by Gasteiger charge is 2.34. The van der Waals surface area contributed by atoms with Crippen LogP contribution in [0.2, 0.25) is 0 Å². The highest BCUT2D eigenvalue weighted by Crippen LogP contribution is 2.20. The Morgan fingerprint density at radius 2 is 2.00 bits per heavy atom. The van der Waals surface area contributed by atoms with Gasteiger partial charge < -0.3 is 14.9 Å². The lowest BCUT2D eigenvalue weighted by atomic mass is 10.1. The number of rotatable bonds is 5. The molecule has 2 atom stereocenters. The largest absolute Gasteiger partial charge is 0.392 e. The molecular formula is C14H26N2O3. The van der Waals surface area contributed by atoms with E-state index in [0.29, 0.717) is 26.1 Å². The third kappa shape index (κ3) is 4.20. The minimum absolute atomic E-state index is 0.0577. The number of amides is 2. The Hall–Kier alpha value is -1.10. The van der Waals surface area contributed by atoms with Crippen LogP contribution in [0.25, 0.3) is 0 Å². The van der Waals surface area contributed by atoms with Gasteiger partial charge in [0.1, 0.15) is 0 Å². The lowest BCUT2D eigenvalue weighted by molar-refractivity contribution is -0.138. The quantitative estimate of drug-likeness (QED) is 0.806. The molecule has 0 aromatic heterocycles. The maximum atomic E-state index is 12.5. The molecule has 1 rings (SSSR count). The Bertz CT molecular complexity index is 329. The van der Waals surface area contributed by atoms with Crippen LogP contribution in [0.15, 0.2) is 0 Å². The molecule has 1 N–H and O–H groups in total. The molecule has 0 aromatic rings. The van der Waals surface area contributed by atoms with Gasteiger partial charge in [0.2, 0.25) is 11.8 Å². The average Bonchev–Trinajstić information content (AvgIpc) is 2.83. The van der Waals surface area contributed by atoms with E-state index in [1.165, 1.54) is 0 Å². The number of aliphatic hydroxyl groups excluding tert-OH is 1. The van der Waals surface area contributed by atoms with Gasteiger partial charge in [-0.15, -0.1) is 0 Å². The number of carbonyl (C=O) groups is 2. The summed E-state index contributed by atoms with van der Waals surface area (Å²) < 4.78 is 0. The molecular weight excluding hydrogens is 244 g/mol. The fraction of sp³-hybridized carbons (Fsp3) is 0.857. The molecule has 0 bridgehead atoms. The monoisotopic (exact) mass is 270 g/mol. The third-order valence-electron chi connectivity index (χ3n) is 3.56. The molecule has 1 aliphatic rings. The first-order chi connectivity index (χ1) is 8.86. The summed E-state index contributed by atoms with van der Waals surface area (Å²) in [4.78, 5) is 27.6. The molecule has 5 heteroatoms. The fourth-order valence-electron chi connectivity index (χ4n) is 2.49. The Morgan fingerprint density at radius 3 is 2.47 bits per heavy atom. The van der Waals surface area contributed by atoms with E-state index in [-0.39, 0.29) is 23.8 Å². The van der Waals surface area contributed by atoms with Crippen LogP contribution in [-0.2, 0) is 9.59 Å². The van der Waals surface area contributed by atoms with Crippen molar-refractivity contribution in [3.63, 3.8) is 0 Å². The van der Waals surface area contributed by atoms with Crippen molar-refractivity contribution < 1.29 is 14.7 Å². The van der Waals surface area contributed by atoms with Crippen molar-refractivity contribution in [1.82, 2.24) is 9.80 Å². The molecule has 110 valence electrons. The summed E-state index contributed by atoms with van der Waals surface area (Å²) >= 11 is 0. The predicted molar refractivity (Wildman–Crippen MR) is 73.5 cm³/mol. The summed E-state index contributed by atoms with van der Waals surface area (Å²) in [6, 6.07) is 0.0676. The Labute approximate surface area is 115 Å². The molecule has 0 aromatic carbocycles. The molecule has 1 heterocycles. The maximum Gasteiger partial charge on any atom is 0.227 e. The van der Waals surface area contributed by atoms with E-state index in [1.807, 2.05) is 20.8 Å². The third-order valence-corrected chi connectivity index (χ3v) is 3.56. The second-order valence-electron chi connectivity index (χ2n) is 5.61. The molecule has 0 aliphatic carbocycles. The number of nitrogens with zero attached hydrogens (tertiary/aromatic N) is 2. The highest BCUT2D eigenvalue weighted by molar-refractivity contribution is 5.82. The first kappa shape index (κ1) is 16.0. The minimum Gasteiger partial charge on any atom is -0.392 e. The first-order valence-electron chi connectivity index (χ1n) is 7.13.